The molecule has 8 heteroatoms. The van der Waals surface area contributed by atoms with Crippen LogP contribution in [-0.2, 0) is 16.1 Å². The van der Waals surface area contributed by atoms with Crippen LogP contribution in [0.5, 0.6) is 0 Å². The van der Waals surface area contributed by atoms with E-state index in [2.05, 4.69) is 25.7 Å². The van der Waals surface area contributed by atoms with Crippen LogP contribution in [-0.4, -0.2) is 45.4 Å². The predicted octanol–water partition coefficient (Wildman–Crippen LogP) is 1.72. The Morgan fingerprint density at radius 1 is 1.15 bits per heavy atom. The molecular formula is C19H22N6O2. The van der Waals surface area contributed by atoms with Gasteiger partial charge in [0, 0.05) is 25.4 Å². The van der Waals surface area contributed by atoms with E-state index < -0.39 is 0 Å². The average molecular weight is 366 g/mol. The number of nitrogens with zero attached hydrogens (tertiary/aromatic N) is 4. The lowest BCUT2D eigenvalue weighted by atomic mass is 10.2. The molecule has 2 aromatic heterocycles. The lowest BCUT2D eigenvalue weighted by Gasteiger charge is -2.09. The van der Waals surface area contributed by atoms with E-state index in [1.807, 2.05) is 49.5 Å². The number of hydrogen-bond donors (Lipinski definition) is 2. The smallest absolute Gasteiger partial charge is 0.246 e. The van der Waals surface area contributed by atoms with Crippen LogP contribution >= 0.6 is 0 Å². The van der Waals surface area contributed by atoms with E-state index in [1.165, 1.54) is 6.33 Å². The summed E-state index contributed by atoms with van der Waals surface area (Å²) in [6, 6.07) is 13.5. The van der Waals surface area contributed by atoms with Crippen molar-refractivity contribution in [2.45, 2.75) is 13.5 Å². The van der Waals surface area contributed by atoms with Crippen molar-refractivity contribution in [2.75, 3.05) is 25.0 Å². The van der Waals surface area contributed by atoms with Gasteiger partial charge in [-0.15, -0.1) is 0 Å². The van der Waals surface area contributed by atoms with Crippen molar-refractivity contribution in [1.82, 2.24) is 25.1 Å². The highest BCUT2D eigenvalue weighted by Gasteiger charge is 2.04. The summed E-state index contributed by atoms with van der Waals surface area (Å²) in [6.07, 6.45) is 3.32. The van der Waals surface area contributed by atoms with E-state index in [-0.39, 0.29) is 12.5 Å². The number of amides is 1. The highest BCUT2D eigenvalue weighted by molar-refractivity contribution is 5.77. The van der Waals surface area contributed by atoms with Gasteiger partial charge in [0.1, 0.15) is 18.8 Å². The van der Waals surface area contributed by atoms with E-state index in [0.29, 0.717) is 31.3 Å². The van der Waals surface area contributed by atoms with Gasteiger partial charge in [0.15, 0.2) is 5.82 Å². The molecule has 1 aromatic carbocycles. The molecule has 0 saturated heterocycles. The molecule has 0 bridgehead atoms. The molecule has 2 N–H and O–H groups in total. The van der Waals surface area contributed by atoms with E-state index in [0.717, 1.165) is 11.3 Å². The minimum atomic E-state index is -0.150. The van der Waals surface area contributed by atoms with Gasteiger partial charge in [0.25, 0.3) is 0 Å². The summed E-state index contributed by atoms with van der Waals surface area (Å²) in [5, 5.41) is 10.3. The summed E-state index contributed by atoms with van der Waals surface area (Å²) in [5.74, 6) is 1.20. The molecule has 140 valence electrons. The Morgan fingerprint density at radius 3 is 2.78 bits per heavy atom. The number of ether oxygens (including phenoxy) is 1. The standard InChI is InChI=1S/C19H22N6O2/c1-15-7-10-25(24-15)18-11-17(22-14-23-18)20-8-9-21-19(26)13-27-12-16-5-3-2-4-6-16/h2-7,10-11,14H,8-9,12-13H2,1H3,(H,21,26)(H,20,22,23). The Labute approximate surface area is 157 Å². The average Bonchev–Trinajstić information content (AvgIpc) is 3.13. The summed E-state index contributed by atoms with van der Waals surface area (Å²) in [4.78, 5) is 20.2. The number of nitrogens with one attached hydrogen (secondary N) is 2. The first-order valence-electron chi connectivity index (χ1n) is 8.67. The number of carbonyl (C=O) groups excluding carboxylic acids is 1. The molecule has 0 aliphatic heterocycles. The van der Waals surface area contributed by atoms with Crippen LogP contribution in [0.3, 0.4) is 0 Å². The fourth-order valence-corrected chi connectivity index (χ4v) is 2.39. The van der Waals surface area contributed by atoms with Crippen molar-refractivity contribution in [3.05, 3.63) is 66.2 Å². The van der Waals surface area contributed by atoms with Gasteiger partial charge in [-0.05, 0) is 18.6 Å². The van der Waals surface area contributed by atoms with Gasteiger partial charge < -0.3 is 15.4 Å². The van der Waals surface area contributed by atoms with E-state index in [4.69, 9.17) is 4.74 Å². The normalized spacial score (nSPS) is 10.6. The molecule has 0 spiro atoms. The zero-order chi connectivity index (χ0) is 18.9. The van der Waals surface area contributed by atoms with Gasteiger partial charge in [-0.1, -0.05) is 30.3 Å². The highest BCUT2D eigenvalue weighted by Crippen LogP contribution is 2.08. The van der Waals surface area contributed by atoms with Gasteiger partial charge in [0.2, 0.25) is 5.91 Å². The molecule has 0 aliphatic rings. The van der Waals surface area contributed by atoms with Gasteiger partial charge in [-0.25, -0.2) is 14.6 Å². The third kappa shape index (κ3) is 5.89. The van der Waals surface area contributed by atoms with Gasteiger partial charge in [-0.3, -0.25) is 4.79 Å². The molecule has 0 radical (unpaired) electrons. The van der Waals surface area contributed by atoms with Crippen molar-refractivity contribution < 1.29 is 9.53 Å². The second-order valence-electron chi connectivity index (χ2n) is 5.92. The number of anilines is 1. The van der Waals surface area contributed by atoms with Crippen molar-refractivity contribution >= 4 is 11.7 Å². The Bertz CT molecular complexity index is 865. The first-order valence-corrected chi connectivity index (χ1v) is 8.67. The summed E-state index contributed by atoms with van der Waals surface area (Å²) >= 11 is 0. The monoisotopic (exact) mass is 366 g/mol. The van der Waals surface area contributed by atoms with Gasteiger partial charge >= 0.3 is 0 Å². The number of aromatic nitrogens is 4. The van der Waals surface area contributed by atoms with Crippen LogP contribution in [0.25, 0.3) is 5.82 Å². The van der Waals surface area contributed by atoms with Crippen LogP contribution in [0.2, 0.25) is 0 Å². The van der Waals surface area contributed by atoms with Gasteiger partial charge in [0.05, 0.1) is 12.3 Å². The Kier molecular flexibility index (Phi) is 6.48. The van der Waals surface area contributed by atoms with Crippen LogP contribution in [0.4, 0.5) is 5.82 Å². The molecule has 8 nitrogen and oxygen atoms in total. The maximum atomic E-state index is 11.8. The second kappa shape index (κ2) is 9.44. The Balaban J connectivity index is 1.35. The van der Waals surface area contributed by atoms with Crippen molar-refractivity contribution in [3.8, 4) is 5.82 Å². The van der Waals surface area contributed by atoms with Crippen LogP contribution < -0.4 is 10.6 Å². The summed E-state index contributed by atoms with van der Waals surface area (Å²) in [6.45, 7) is 3.38. The van der Waals surface area contributed by atoms with E-state index in [9.17, 15) is 4.79 Å². The summed E-state index contributed by atoms with van der Waals surface area (Å²) < 4.78 is 7.09. The lowest BCUT2D eigenvalue weighted by Crippen LogP contribution is -2.31. The fourth-order valence-electron chi connectivity index (χ4n) is 2.39. The zero-order valence-electron chi connectivity index (χ0n) is 15.1. The maximum absolute atomic E-state index is 11.8. The predicted molar refractivity (Wildman–Crippen MR) is 101 cm³/mol. The molecule has 3 aromatic rings. The maximum Gasteiger partial charge on any atom is 0.246 e. The van der Waals surface area contributed by atoms with E-state index >= 15 is 0 Å². The molecule has 0 saturated carbocycles. The van der Waals surface area contributed by atoms with Crippen LogP contribution in [0, 0.1) is 6.92 Å². The molecule has 0 aliphatic carbocycles. The molecule has 1 amide bonds. The first-order chi connectivity index (χ1) is 13.2. The number of hydrogen-bond acceptors (Lipinski definition) is 6. The van der Waals surface area contributed by atoms with Crippen molar-refractivity contribution in [1.29, 1.82) is 0 Å². The lowest BCUT2D eigenvalue weighted by molar-refractivity contribution is -0.126. The number of rotatable bonds is 9. The van der Waals surface area contributed by atoms with Gasteiger partial charge in [-0.2, -0.15) is 5.10 Å². The molecule has 3 rings (SSSR count). The van der Waals surface area contributed by atoms with Crippen molar-refractivity contribution in [3.63, 3.8) is 0 Å². The molecule has 0 fully saturated rings. The highest BCUT2D eigenvalue weighted by atomic mass is 16.5. The minimum Gasteiger partial charge on any atom is -0.368 e. The Hall–Kier alpha value is -3.26. The quantitative estimate of drug-likeness (QED) is 0.560. The SMILES string of the molecule is Cc1ccn(-c2cc(NCCNC(=O)COCc3ccccc3)ncn2)n1. The van der Waals surface area contributed by atoms with Crippen LogP contribution in [0.1, 0.15) is 11.3 Å². The molecule has 0 atom stereocenters. The Morgan fingerprint density at radius 2 is 2.00 bits per heavy atom. The molecule has 2 heterocycles. The van der Waals surface area contributed by atoms with E-state index in [1.54, 1.807) is 10.7 Å². The fraction of sp³-hybridized carbons (Fsp3) is 0.263. The third-order valence-corrected chi connectivity index (χ3v) is 3.71. The third-order valence-electron chi connectivity index (χ3n) is 3.71. The molecule has 27 heavy (non-hydrogen) atoms. The summed E-state index contributed by atoms with van der Waals surface area (Å²) in [7, 11) is 0. The van der Waals surface area contributed by atoms with Crippen LogP contribution in [0.15, 0.2) is 55.0 Å². The number of carbonyl (C=O) groups is 1. The molecular weight excluding hydrogens is 344 g/mol. The summed E-state index contributed by atoms with van der Waals surface area (Å²) in [5.41, 5.74) is 1.96. The zero-order valence-corrected chi connectivity index (χ0v) is 15.1. The minimum absolute atomic E-state index is 0.0329. The topological polar surface area (TPSA) is 94.0 Å². The number of benzene rings is 1. The second-order valence-corrected chi connectivity index (χ2v) is 5.92. The largest absolute Gasteiger partial charge is 0.368 e. The van der Waals surface area contributed by atoms with Crippen molar-refractivity contribution in [2.24, 2.45) is 0 Å². The molecule has 0 unspecified atom stereocenters. The number of aryl methyl sites for hydroxylation is 1. The first kappa shape index (κ1) is 18.5.